The third-order valence-corrected chi connectivity index (χ3v) is 13.1. The number of carbonyl (C=O) groups is 5. The maximum absolute atomic E-state index is 14.0. The van der Waals surface area contributed by atoms with E-state index in [1.165, 1.54) is 24.2 Å². The van der Waals surface area contributed by atoms with Crippen molar-refractivity contribution in [1.29, 1.82) is 0 Å². The Balaban J connectivity index is 1.42. The normalized spacial score (nSPS) is 31.2. The van der Waals surface area contributed by atoms with Crippen molar-refractivity contribution < 1.29 is 63.3 Å². The van der Waals surface area contributed by atoms with Crippen molar-refractivity contribution in [3.63, 3.8) is 0 Å². The average molecular weight is 888 g/mol. The summed E-state index contributed by atoms with van der Waals surface area (Å²) in [6, 6.07) is -0.213. The van der Waals surface area contributed by atoms with Crippen LogP contribution in [0.15, 0.2) is 48.1 Å². The van der Waals surface area contributed by atoms with Crippen LogP contribution >= 0.6 is 0 Å². The predicted octanol–water partition coefficient (Wildman–Crippen LogP) is 4.70. The molecule has 16 heteroatoms. The van der Waals surface area contributed by atoms with Gasteiger partial charge in [0, 0.05) is 76.2 Å². The lowest BCUT2D eigenvalue weighted by atomic mass is 9.88. The highest BCUT2D eigenvalue weighted by Gasteiger charge is 2.47. The Morgan fingerprint density at radius 2 is 1.76 bits per heavy atom. The smallest absolute Gasteiger partial charge is 0.410 e. The lowest BCUT2D eigenvalue weighted by Gasteiger charge is -2.42. The molecule has 63 heavy (non-hydrogen) atoms. The number of ether oxygens (including phenoxy) is 4. The minimum Gasteiger partial charge on any atom is -0.481 e. The number of piperazine rings is 1. The molecule has 0 bridgehead atoms. The van der Waals surface area contributed by atoms with Crippen LogP contribution in [0.3, 0.4) is 0 Å². The molecule has 0 aliphatic carbocycles. The van der Waals surface area contributed by atoms with E-state index in [-0.39, 0.29) is 68.2 Å². The van der Waals surface area contributed by atoms with Crippen LogP contribution in [0.25, 0.3) is 0 Å². The molecule has 4 rings (SSSR count). The van der Waals surface area contributed by atoms with Gasteiger partial charge in [0.2, 0.25) is 0 Å². The number of carboxylic acids is 1. The fourth-order valence-electron chi connectivity index (χ4n) is 8.70. The Bertz CT molecular complexity index is 1680. The molecule has 4 aliphatic heterocycles. The fourth-order valence-corrected chi connectivity index (χ4v) is 8.70. The van der Waals surface area contributed by atoms with E-state index in [0.717, 1.165) is 19.3 Å². The van der Waals surface area contributed by atoms with Crippen LogP contribution in [0.4, 0.5) is 4.79 Å². The number of rotatable bonds is 20. The van der Waals surface area contributed by atoms with Crippen molar-refractivity contribution in [2.45, 2.75) is 166 Å². The number of allylic oxidation sites excluding steroid dienone is 2. The summed E-state index contributed by atoms with van der Waals surface area (Å²) < 4.78 is 23.9. The largest absolute Gasteiger partial charge is 0.481 e. The molecule has 11 atom stereocenters. The van der Waals surface area contributed by atoms with E-state index in [0.29, 0.717) is 57.4 Å². The second kappa shape index (κ2) is 23.8. The number of aliphatic carboxylic acids is 1. The summed E-state index contributed by atoms with van der Waals surface area (Å²) in [6.07, 6.45) is 11.9. The van der Waals surface area contributed by atoms with Gasteiger partial charge in [0.25, 0.3) is 11.8 Å². The van der Waals surface area contributed by atoms with Gasteiger partial charge in [-0.2, -0.15) is 0 Å². The summed E-state index contributed by atoms with van der Waals surface area (Å²) in [6.45, 7) is 13.3. The zero-order valence-corrected chi connectivity index (χ0v) is 38.4. The number of amides is 3. The van der Waals surface area contributed by atoms with Gasteiger partial charge in [-0.05, 0) is 77.5 Å². The van der Waals surface area contributed by atoms with Crippen molar-refractivity contribution in [2.75, 3.05) is 39.8 Å². The molecule has 0 spiro atoms. The highest BCUT2D eigenvalue weighted by Crippen LogP contribution is 2.38. The Morgan fingerprint density at radius 1 is 1.08 bits per heavy atom. The van der Waals surface area contributed by atoms with Crippen LogP contribution in [0.1, 0.15) is 112 Å². The molecule has 0 aromatic rings. The van der Waals surface area contributed by atoms with Gasteiger partial charge in [0.05, 0.1) is 36.4 Å². The summed E-state index contributed by atoms with van der Waals surface area (Å²) >= 11 is 0. The lowest BCUT2D eigenvalue weighted by molar-refractivity contribution is -0.151. The van der Waals surface area contributed by atoms with Crippen molar-refractivity contribution in [1.82, 2.24) is 14.7 Å². The number of carboxylic acid groups (broad SMARTS) is 1. The molecular weight excluding hydrogens is 815 g/mol. The van der Waals surface area contributed by atoms with Crippen molar-refractivity contribution in [3.05, 3.63) is 48.1 Å². The van der Waals surface area contributed by atoms with Crippen LogP contribution in [0, 0.1) is 11.8 Å². The molecule has 4 aliphatic rings. The number of unbranched alkanes of at least 4 members (excludes halogenated alkanes) is 3. The summed E-state index contributed by atoms with van der Waals surface area (Å²) in [5.74, 6) is -2.52. The number of cyclic esters (lactones) is 1. The second-order valence-electron chi connectivity index (χ2n) is 18.3. The average Bonchev–Trinajstić information content (AvgIpc) is 3.92. The molecule has 0 aromatic carbocycles. The van der Waals surface area contributed by atoms with Gasteiger partial charge >= 0.3 is 18.0 Å². The quantitative estimate of drug-likeness (QED) is 0.0326. The number of aliphatic hydroxyl groups is 3. The predicted molar refractivity (Wildman–Crippen MR) is 234 cm³/mol. The van der Waals surface area contributed by atoms with E-state index in [1.54, 1.807) is 43.1 Å². The molecule has 0 saturated carbocycles. The topological polar surface area (TPSA) is 216 Å². The van der Waals surface area contributed by atoms with Gasteiger partial charge in [0.15, 0.2) is 6.10 Å². The monoisotopic (exact) mass is 888 g/mol. The number of epoxide rings is 1. The standard InChI is InChI=1S/C47H73N3O13/c1-8-36(52)33(4)44-37(61-44)29-46(5,59)22-13-14-31(2)43-32(3)15-17-38(47(6,60-7)23-21-35(51)28-42(57)63-43)62-45(58)49-27-26-48(34(30-49)16-20-41(55)56)24-11-9-10-12-25-50-39(53)18-19-40(50)54/h13-15,17-19,22,32-38,43-44,51-52,59H,8-12,16,20-21,23-30H2,1-7H3,(H,55,56)/b17-15-,22-13+,31-14+/t32-,33+,34-,35+,36-,37+,38-,43+,44+,46-,47+/m0/s1. The third kappa shape index (κ3) is 15.6. The zero-order chi connectivity index (χ0) is 46.5. The minimum absolute atomic E-state index is 0.0401. The first-order valence-electron chi connectivity index (χ1n) is 22.7. The fraction of sp³-hybridized carbons (Fsp3) is 0.723. The maximum atomic E-state index is 14.0. The Kier molecular flexibility index (Phi) is 19.6. The van der Waals surface area contributed by atoms with E-state index in [4.69, 9.17) is 18.9 Å². The number of methoxy groups -OCH3 is 1. The number of nitrogens with zero attached hydrogens (tertiary/aromatic N) is 3. The number of hydrogen-bond acceptors (Lipinski definition) is 13. The molecule has 0 aromatic heterocycles. The highest BCUT2D eigenvalue weighted by molar-refractivity contribution is 6.12. The molecule has 16 nitrogen and oxygen atoms in total. The molecular formula is C47H73N3O13. The molecule has 0 unspecified atom stereocenters. The summed E-state index contributed by atoms with van der Waals surface area (Å²) in [7, 11) is 1.51. The Hall–Kier alpha value is -3.93. The van der Waals surface area contributed by atoms with Crippen LogP contribution in [0.2, 0.25) is 0 Å². The van der Waals surface area contributed by atoms with Crippen molar-refractivity contribution in [2.24, 2.45) is 11.8 Å². The van der Waals surface area contributed by atoms with Crippen LogP contribution in [0.5, 0.6) is 0 Å². The molecule has 2 saturated heterocycles. The molecule has 354 valence electrons. The first-order chi connectivity index (χ1) is 29.8. The SMILES string of the molecule is CC[C@H](O)[C@@H](C)[C@H]1O[C@@H]1C[C@@](C)(O)/C=C/C=C(\C)[C@H]1OC(=O)C[C@H](O)CC[C@@](C)(OC)[C@@H](OC(=O)N2CCN(CCCCCCN3C(=O)C=CC3=O)[C@@H](CCC(=O)O)C2)/C=C\[C@@H]1C. The van der Waals surface area contributed by atoms with E-state index in [2.05, 4.69) is 4.90 Å². The van der Waals surface area contributed by atoms with Crippen LogP contribution in [-0.4, -0.2) is 159 Å². The Labute approximate surface area is 372 Å². The second-order valence-corrected chi connectivity index (χ2v) is 18.3. The number of aliphatic hydroxyl groups excluding tert-OH is 2. The number of hydrogen-bond donors (Lipinski definition) is 4. The first-order valence-corrected chi connectivity index (χ1v) is 22.7. The first kappa shape index (κ1) is 51.7. The summed E-state index contributed by atoms with van der Waals surface area (Å²) in [4.78, 5) is 67.4. The lowest BCUT2D eigenvalue weighted by Crippen LogP contribution is -2.56. The van der Waals surface area contributed by atoms with Crippen molar-refractivity contribution >= 4 is 29.8 Å². The molecule has 4 N–H and O–H groups in total. The molecule has 2 fully saturated rings. The summed E-state index contributed by atoms with van der Waals surface area (Å²) in [5, 5.41) is 41.8. The molecule has 0 radical (unpaired) electrons. The number of carbonyl (C=O) groups excluding carboxylic acids is 4. The maximum Gasteiger partial charge on any atom is 0.410 e. The molecule has 3 amide bonds. The van der Waals surface area contributed by atoms with E-state index in [1.807, 2.05) is 33.8 Å². The van der Waals surface area contributed by atoms with Gasteiger partial charge in [-0.25, -0.2) is 4.79 Å². The third-order valence-electron chi connectivity index (χ3n) is 13.1. The zero-order valence-electron chi connectivity index (χ0n) is 38.4. The van der Waals surface area contributed by atoms with Crippen LogP contribution < -0.4 is 0 Å². The van der Waals surface area contributed by atoms with Gasteiger partial charge in [0.1, 0.15) is 11.7 Å². The van der Waals surface area contributed by atoms with Gasteiger partial charge in [-0.3, -0.25) is 29.0 Å². The molecule has 4 heterocycles. The minimum atomic E-state index is -1.20. The highest BCUT2D eigenvalue weighted by atomic mass is 16.6. The van der Waals surface area contributed by atoms with Gasteiger partial charge in [-0.1, -0.05) is 57.9 Å². The van der Waals surface area contributed by atoms with Gasteiger partial charge < -0.3 is 44.3 Å². The Morgan fingerprint density at radius 3 is 2.41 bits per heavy atom. The van der Waals surface area contributed by atoms with Crippen LogP contribution in [-0.2, 0) is 38.1 Å². The van der Waals surface area contributed by atoms with Gasteiger partial charge in [-0.15, -0.1) is 0 Å². The van der Waals surface area contributed by atoms with E-state index < -0.39 is 59.6 Å². The number of esters is 1. The summed E-state index contributed by atoms with van der Waals surface area (Å²) in [5.41, 5.74) is -1.60. The van der Waals surface area contributed by atoms with E-state index in [9.17, 15) is 44.4 Å². The van der Waals surface area contributed by atoms with Crippen molar-refractivity contribution in [3.8, 4) is 0 Å². The van der Waals surface area contributed by atoms with E-state index >= 15 is 0 Å². The number of imide groups is 1.